The third-order valence-electron chi connectivity index (χ3n) is 2.85. The topological polar surface area (TPSA) is 75.4 Å². The molecule has 20 heavy (non-hydrogen) atoms. The number of amides is 1. The number of nitrogens with zero attached hydrogens (tertiary/aromatic N) is 1. The molecule has 1 atom stereocenters. The quantitative estimate of drug-likeness (QED) is 0.825. The van der Waals surface area contributed by atoms with Crippen LogP contribution in [0.1, 0.15) is 23.0 Å². The molecule has 0 aliphatic rings. The maximum atomic E-state index is 12.1. The Bertz CT molecular complexity index is 582. The largest absolute Gasteiger partial charge is 0.466 e. The first-order valence-electron chi connectivity index (χ1n) is 6.08. The predicted octanol–water partition coefficient (Wildman–Crippen LogP) is 2.03. The Morgan fingerprint density at radius 1 is 1.50 bits per heavy atom. The Kier molecular flexibility index (Phi) is 4.46. The summed E-state index contributed by atoms with van der Waals surface area (Å²) in [5, 5.41) is 13.6. The van der Waals surface area contributed by atoms with Gasteiger partial charge in [0.05, 0.1) is 18.4 Å². The minimum Gasteiger partial charge on any atom is -0.466 e. The lowest BCUT2D eigenvalue weighted by Gasteiger charge is -2.21. The smallest absolute Gasteiger partial charge is 0.254 e. The Balaban J connectivity index is 2.06. The van der Waals surface area contributed by atoms with E-state index in [1.807, 2.05) is 6.26 Å². The molecular formula is C14H16N2O3S. The van der Waals surface area contributed by atoms with E-state index >= 15 is 0 Å². The minimum absolute atomic E-state index is 0.0576. The van der Waals surface area contributed by atoms with Crippen molar-refractivity contribution in [1.82, 2.24) is 10.3 Å². The standard InChI is InChI=1S/C14H16N2O3S/c1-14(18,11-6-4-8-19-11)9-16-12(17)10-5-3-7-15-13(10)20-2/h3-8,18H,9H2,1-2H3,(H,16,17). The summed E-state index contributed by atoms with van der Waals surface area (Å²) >= 11 is 1.40. The second-order valence-electron chi connectivity index (χ2n) is 4.49. The molecule has 1 amide bonds. The van der Waals surface area contributed by atoms with E-state index in [1.54, 1.807) is 37.4 Å². The fourth-order valence-electron chi connectivity index (χ4n) is 1.75. The first-order chi connectivity index (χ1) is 9.54. The molecule has 2 N–H and O–H groups in total. The zero-order chi connectivity index (χ0) is 14.6. The van der Waals surface area contributed by atoms with Gasteiger partial charge in [-0.15, -0.1) is 11.8 Å². The second-order valence-corrected chi connectivity index (χ2v) is 5.29. The highest BCUT2D eigenvalue weighted by atomic mass is 32.2. The van der Waals surface area contributed by atoms with Gasteiger partial charge in [0.2, 0.25) is 0 Å². The van der Waals surface area contributed by atoms with E-state index in [1.165, 1.54) is 18.0 Å². The SMILES string of the molecule is CSc1ncccc1C(=O)NCC(C)(O)c1ccco1. The van der Waals surface area contributed by atoms with Gasteiger partial charge in [0.25, 0.3) is 5.91 Å². The van der Waals surface area contributed by atoms with E-state index in [0.29, 0.717) is 16.3 Å². The van der Waals surface area contributed by atoms with Crippen molar-refractivity contribution in [3.05, 3.63) is 48.0 Å². The van der Waals surface area contributed by atoms with Gasteiger partial charge in [-0.2, -0.15) is 0 Å². The summed E-state index contributed by atoms with van der Waals surface area (Å²) < 4.78 is 5.16. The number of pyridine rings is 1. The lowest BCUT2D eigenvalue weighted by Crippen LogP contribution is -2.38. The molecule has 2 rings (SSSR count). The van der Waals surface area contributed by atoms with Crippen molar-refractivity contribution in [2.24, 2.45) is 0 Å². The average Bonchev–Trinajstić information content (AvgIpc) is 3.00. The van der Waals surface area contributed by atoms with Crippen molar-refractivity contribution in [3.63, 3.8) is 0 Å². The molecule has 0 aliphatic carbocycles. The summed E-state index contributed by atoms with van der Waals surface area (Å²) in [7, 11) is 0. The van der Waals surface area contributed by atoms with Crippen LogP contribution in [-0.2, 0) is 5.60 Å². The van der Waals surface area contributed by atoms with Crippen LogP contribution in [0.4, 0.5) is 0 Å². The van der Waals surface area contributed by atoms with Gasteiger partial charge in [-0.25, -0.2) is 4.98 Å². The normalized spacial score (nSPS) is 13.8. The first kappa shape index (κ1) is 14.6. The number of carbonyl (C=O) groups is 1. The van der Waals surface area contributed by atoms with E-state index in [4.69, 9.17) is 4.42 Å². The van der Waals surface area contributed by atoms with Gasteiger partial charge >= 0.3 is 0 Å². The Hall–Kier alpha value is -1.79. The maximum absolute atomic E-state index is 12.1. The number of aromatic nitrogens is 1. The average molecular weight is 292 g/mol. The first-order valence-corrected chi connectivity index (χ1v) is 7.30. The monoisotopic (exact) mass is 292 g/mol. The molecular weight excluding hydrogens is 276 g/mol. The van der Waals surface area contributed by atoms with Crippen molar-refractivity contribution in [1.29, 1.82) is 0 Å². The van der Waals surface area contributed by atoms with E-state index < -0.39 is 5.60 Å². The lowest BCUT2D eigenvalue weighted by molar-refractivity contribution is 0.0329. The highest BCUT2D eigenvalue weighted by Gasteiger charge is 2.27. The van der Waals surface area contributed by atoms with Crippen LogP contribution in [0.3, 0.4) is 0 Å². The number of rotatable bonds is 5. The van der Waals surface area contributed by atoms with Gasteiger partial charge in [-0.3, -0.25) is 4.79 Å². The predicted molar refractivity (Wildman–Crippen MR) is 76.6 cm³/mol. The number of aliphatic hydroxyl groups is 1. The molecule has 0 aliphatic heterocycles. The van der Waals surface area contributed by atoms with Gasteiger partial charge in [0.1, 0.15) is 16.4 Å². The molecule has 2 heterocycles. The van der Waals surface area contributed by atoms with Crippen LogP contribution in [0.5, 0.6) is 0 Å². The van der Waals surface area contributed by atoms with E-state index in [0.717, 1.165) is 0 Å². The number of hydrogen-bond acceptors (Lipinski definition) is 5. The zero-order valence-corrected chi connectivity index (χ0v) is 12.1. The number of thioether (sulfide) groups is 1. The van der Waals surface area contributed by atoms with Crippen molar-refractivity contribution in [2.75, 3.05) is 12.8 Å². The third-order valence-corrected chi connectivity index (χ3v) is 3.57. The Morgan fingerprint density at radius 2 is 2.30 bits per heavy atom. The summed E-state index contributed by atoms with van der Waals surface area (Å²) in [6, 6.07) is 6.77. The van der Waals surface area contributed by atoms with E-state index in [-0.39, 0.29) is 12.5 Å². The molecule has 2 aromatic rings. The summed E-state index contributed by atoms with van der Waals surface area (Å²) in [6.07, 6.45) is 4.98. The fraction of sp³-hybridized carbons (Fsp3) is 0.286. The molecule has 1 unspecified atom stereocenters. The molecule has 0 spiro atoms. The van der Waals surface area contributed by atoms with Crippen LogP contribution in [0.25, 0.3) is 0 Å². The van der Waals surface area contributed by atoms with Crippen molar-refractivity contribution < 1.29 is 14.3 Å². The Morgan fingerprint density at radius 3 is 2.95 bits per heavy atom. The van der Waals surface area contributed by atoms with Crippen LogP contribution < -0.4 is 5.32 Å². The summed E-state index contributed by atoms with van der Waals surface area (Å²) in [5.74, 6) is 0.142. The van der Waals surface area contributed by atoms with Crippen LogP contribution in [0.15, 0.2) is 46.2 Å². The Labute approximate surface area is 121 Å². The third kappa shape index (κ3) is 3.20. The molecule has 0 bridgehead atoms. The van der Waals surface area contributed by atoms with Crippen LogP contribution in [0, 0.1) is 0 Å². The highest BCUT2D eigenvalue weighted by Crippen LogP contribution is 2.21. The van der Waals surface area contributed by atoms with Gasteiger partial charge < -0.3 is 14.8 Å². The van der Waals surface area contributed by atoms with Gasteiger partial charge in [0, 0.05) is 6.20 Å². The highest BCUT2D eigenvalue weighted by molar-refractivity contribution is 7.98. The molecule has 5 nitrogen and oxygen atoms in total. The van der Waals surface area contributed by atoms with Crippen LogP contribution >= 0.6 is 11.8 Å². The zero-order valence-electron chi connectivity index (χ0n) is 11.3. The molecule has 0 aromatic carbocycles. The van der Waals surface area contributed by atoms with Crippen molar-refractivity contribution in [3.8, 4) is 0 Å². The van der Waals surface area contributed by atoms with Crippen LogP contribution in [-0.4, -0.2) is 28.8 Å². The molecule has 106 valence electrons. The fourth-order valence-corrected chi connectivity index (χ4v) is 2.29. The van der Waals surface area contributed by atoms with Gasteiger partial charge in [-0.1, -0.05) is 0 Å². The number of carbonyl (C=O) groups excluding carboxylic acids is 1. The number of nitrogens with one attached hydrogen (secondary N) is 1. The van der Waals surface area contributed by atoms with E-state index in [2.05, 4.69) is 10.3 Å². The summed E-state index contributed by atoms with van der Waals surface area (Å²) in [5.41, 5.74) is -0.754. The molecule has 0 fully saturated rings. The lowest BCUT2D eigenvalue weighted by atomic mass is 10.0. The molecule has 6 heteroatoms. The maximum Gasteiger partial charge on any atom is 0.254 e. The molecule has 0 radical (unpaired) electrons. The molecule has 0 saturated heterocycles. The minimum atomic E-state index is -1.25. The van der Waals surface area contributed by atoms with Crippen molar-refractivity contribution >= 4 is 17.7 Å². The van der Waals surface area contributed by atoms with Gasteiger partial charge in [-0.05, 0) is 37.4 Å². The summed E-state index contributed by atoms with van der Waals surface area (Å²) in [4.78, 5) is 16.3. The number of hydrogen-bond donors (Lipinski definition) is 2. The van der Waals surface area contributed by atoms with E-state index in [9.17, 15) is 9.90 Å². The second kappa shape index (κ2) is 6.11. The van der Waals surface area contributed by atoms with Crippen LogP contribution in [0.2, 0.25) is 0 Å². The number of furan rings is 1. The molecule has 0 saturated carbocycles. The summed E-state index contributed by atoms with van der Waals surface area (Å²) in [6.45, 7) is 1.65. The molecule has 2 aromatic heterocycles. The van der Waals surface area contributed by atoms with Gasteiger partial charge in [0.15, 0.2) is 0 Å². The van der Waals surface area contributed by atoms with Crippen molar-refractivity contribution in [2.45, 2.75) is 17.6 Å².